The minimum atomic E-state index is -4.74. The zero-order chi connectivity index (χ0) is 28.3. The molecule has 1 aromatic carbocycles. The number of hydrogen-bond donors (Lipinski definition) is 1. The molecular weight excluding hydrogens is 535 g/mol. The van der Waals surface area contributed by atoms with Crippen molar-refractivity contribution in [1.82, 2.24) is 15.0 Å². The maximum atomic E-state index is 14.2. The zero-order valence-corrected chi connectivity index (χ0v) is 21.4. The molecule has 2 atom stereocenters. The van der Waals surface area contributed by atoms with Crippen LogP contribution in [-0.4, -0.2) is 41.3 Å². The number of pyridine rings is 3. The number of nitrogens with zero attached hydrogens (tertiary/aromatic N) is 3. The predicted octanol–water partition coefficient (Wildman–Crippen LogP) is 5.77. The maximum Gasteiger partial charge on any atom is 0.418 e. The van der Waals surface area contributed by atoms with Crippen molar-refractivity contribution in [2.75, 3.05) is 31.2 Å². The van der Waals surface area contributed by atoms with Crippen LogP contribution in [0.25, 0.3) is 22.2 Å². The predicted molar refractivity (Wildman–Crippen MR) is 137 cm³/mol. The molecule has 0 spiro atoms. The minimum absolute atomic E-state index is 0.0210. The van der Waals surface area contributed by atoms with Crippen LogP contribution in [0.1, 0.15) is 16.7 Å². The number of alkyl halides is 3. The lowest BCUT2D eigenvalue weighted by Gasteiger charge is -2.21. The first kappa shape index (κ1) is 26.2. The van der Waals surface area contributed by atoms with Gasteiger partial charge in [0.05, 0.1) is 40.9 Å². The summed E-state index contributed by atoms with van der Waals surface area (Å²) in [5, 5.41) is 0.309. The molecular formula is C28H23F5N4O3. The monoisotopic (exact) mass is 558 g/mol. The lowest BCUT2D eigenvalue weighted by atomic mass is 10.0. The van der Waals surface area contributed by atoms with Crippen LogP contribution >= 0.6 is 0 Å². The molecule has 0 unspecified atom stereocenters. The average molecular weight is 559 g/mol. The Balaban J connectivity index is 1.50. The van der Waals surface area contributed by atoms with Gasteiger partial charge >= 0.3 is 6.18 Å². The van der Waals surface area contributed by atoms with Crippen LogP contribution in [0.4, 0.5) is 27.8 Å². The topological polar surface area (TPSA) is 80.3 Å². The third-order valence-corrected chi connectivity index (χ3v) is 7.64. The molecule has 2 aliphatic heterocycles. The number of nitrogens with one attached hydrogen (secondary N) is 1. The molecule has 0 saturated carbocycles. The molecule has 5 heterocycles. The first-order chi connectivity index (χ1) is 19.0. The van der Waals surface area contributed by atoms with Gasteiger partial charge in [-0.2, -0.15) is 13.2 Å². The molecule has 0 bridgehead atoms. The van der Waals surface area contributed by atoms with Crippen LogP contribution in [0.3, 0.4) is 0 Å². The molecule has 2 fully saturated rings. The Kier molecular flexibility index (Phi) is 6.25. The summed E-state index contributed by atoms with van der Waals surface area (Å²) in [6, 6.07) is 4.76. The van der Waals surface area contributed by atoms with Gasteiger partial charge in [0, 0.05) is 48.9 Å². The highest BCUT2D eigenvalue weighted by Gasteiger charge is 2.39. The Hall–Kier alpha value is -4.06. The molecule has 2 aliphatic rings. The van der Waals surface area contributed by atoms with Gasteiger partial charge in [-0.3, -0.25) is 4.79 Å². The third kappa shape index (κ3) is 4.36. The van der Waals surface area contributed by atoms with Gasteiger partial charge in [0.2, 0.25) is 5.88 Å². The number of H-pyrrole nitrogens is 1. The lowest BCUT2D eigenvalue weighted by Crippen LogP contribution is -2.25. The summed E-state index contributed by atoms with van der Waals surface area (Å²) in [6.07, 6.45) is -2.60. The Bertz CT molecular complexity index is 1690. The van der Waals surface area contributed by atoms with Crippen LogP contribution in [0.15, 0.2) is 41.5 Å². The van der Waals surface area contributed by atoms with Crippen LogP contribution < -0.4 is 15.1 Å². The summed E-state index contributed by atoms with van der Waals surface area (Å²) in [6.45, 7) is 5.16. The van der Waals surface area contributed by atoms with Gasteiger partial charge in [0.1, 0.15) is 11.6 Å². The van der Waals surface area contributed by atoms with Crippen LogP contribution in [-0.2, 0) is 10.9 Å². The van der Waals surface area contributed by atoms with Crippen LogP contribution in [0.5, 0.6) is 11.6 Å². The Morgan fingerprint density at radius 2 is 1.77 bits per heavy atom. The quantitative estimate of drug-likeness (QED) is 0.320. The van der Waals surface area contributed by atoms with Gasteiger partial charge in [0.15, 0.2) is 17.1 Å². The van der Waals surface area contributed by atoms with Gasteiger partial charge in [0.25, 0.3) is 0 Å². The fourth-order valence-corrected chi connectivity index (χ4v) is 5.53. The molecule has 0 amide bonds. The van der Waals surface area contributed by atoms with E-state index >= 15 is 0 Å². The summed E-state index contributed by atoms with van der Waals surface area (Å²) in [7, 11) is 0. The molecule has 0 aliphatic carbocycles. The first-order valence-corrected chi connectivity index (χ1v) is 12.6. The molecule has 0 radical (unpaired) electrons. The van der Waals surface area contributed by atoms with Crippen molar-refractivity contribution in [3.05, 3.63) is 75.2 Å². The third-order valence-electron chi connectivity index (χ3n) is 7.64. The highest BCUT2D eigenvalue weighted by atomic mass is 19.4. The Morgan fingerprint density at radius 3 is 2.48 bits per heavy atom. The van der Waals surface area contributed by atoms with Crippen molar-refractivity contribution < 1.29 is 31.4 Å². The number of aromatic amines is 1. The largest absolute Gasteiger partial charge is 0.438 e. The number of halogens is 5. The van der Waals surface area contributed by atoms with E-state index in [9.17, 15) is 26.7 Å². The van der Waals surface area contributed by atoms with Crippen molar-refractivity contribution >= 4 is 16.7 Å². The summed E-state index contributed by atoms with van der Waals surface area (Å²) in [5.41, 5.74) is -1.67. The number of fused-ring (bicyclic) bond motifs is 2. The number of benzene rings is 1. The Morgan fingerprint density at radius 1 is 1.05 bits per heavy atom. The standard InChI is InChI=1S/C28H23F5N4O3/c1-13-17(28(31,32)33)8-35-27(40-22-4-3-18(29)25(30)14(22)2)23(13)20-7-21(38)24-19(36-20)5-6-34-26(24)37-9-15-11-39-12-16(15)10-37/h3-8,15-16H,9-12H2,1-2H3,(H,36,38)/t15-,16+. The number of hydrogen-bond acceptors (Lipinski definition) is 6. The number of rotatable bonds is 4. The fourth-order valence-electron chi connectivity index (χ4n) is 5.53. The Labute approximate surface area is 224 Å². The van der Waals surface area contributed by atoms with Gasteiger partial charge in [-0.1, -0.05) is 0 Å². The highest BCUT2D eigenvalue weighted by Crippen LogP contribution is 2.42. The average Bonchev–Trinajstić information content (AvgIpc) is 3.51. The first-order valence-electron chi connectivity index (χ1n) is 12.6. The molecule has 7 nitrogen and oxygen atoms in total. The maximum absolute atomic E-state index is 14.2. The summed E-state index contributed by atoms with van der Waals surface area (Å²) in [5.74, 6) is -1.52. The fraction of sp³-hybridized carbons (Fsp3) is 0.321. The molecule has 12 heteroatoms. The van der Waals surface area contributed by atoms with Gasteiger partial charge < -0.3 is 19.4 Å². The van der Waals surface area contributed by atoms with Crippen molar-refractivity contribution in [2.24, 2.45) is 11.8 Å². The van der Waals surface area contributed by atoms with Gasteiger partial charge in [-0.05, 0) is 37.6 Å². The summed E-state index contributed by atoms with van der Waals surface area (Å²) >= 11 is 0. The molecule has 3 aromatic heterocycles. The minimum Gasteiger partial charge on any atom is -0.438 e. The van der Waals surface area contributed by atoms with E-state index in [-0.39, 0.29) is 34.0 Å². The van der Waals surface area contributed by atoms with E-state index in [1.807, 2.05) is 4.90 Å². The summed E-state index contributed by atoms with van der Waals surface area (Å²) < 4.78 is 80.7. The van der Waals surface area contributed by atoms with E-state index in [4.69, 9.17) is 9.47 Å². The van der Waals surface area contributed by atoms with Crippen LogP contribution in [0, 0.1) is 37.3 Å². The van der Waals surface area contributed by atoms with Crippen molar-refractivity contribution in [2.45, 2.75) is 20.0 Å². The molecule has 1 N–H and O–H groups in total. The van der Waals surface area contributed by atoms with Crippen LogP contribution in [0.2, 0.25) is 0 Å². The van der Waals surface area contributed by atoms with Gasteiger partial charge in [-0.25, -0.2) is 18.7 Å². The van der Waals surface area contributed by atoms with E-state index in [0.717, 1.165) is 12.1 Å². The second-order valence-electron chi connectivity index (χ2n) is 10.1. The normalized spacial score (nSPS) is 18.9. The number of anilines is 1. The van der Waals surface area contributed by atoms with Crippen molar-refractivity contribution in [3.8, 4) is 22.9 Å². The molecule has 2 saturated heterocycles. The second-order valence-corrected chi connectivity index (χ2v) is 10.1. The van der Waals surface area contributed by atoms with Crippen molar-refractivity contribution in [3.63, 3.8) is 0 Å². The van der Waals surface area contributed by atoms with E-state index < -0.39 is 28.8 Å². The van der Waals surface area contributed by atoms with E-state index in [2.05, 4.69) is 15.0 Å². The van der Waals surface area contributed by atoms with E-state index in [1.165, 1.54) is 26.1 Å². The molecule has 208 valence electrons. The number of ether oxygens (including phenoxy) is 2. The SMILES string of the molecule is Cc1c(Oc2ncc(C(F)(F)F)c(C)c2-c2cc(=O)c3c(N4C[C@H]5COC[C@H]5C4)nccc3[nH]2)ccc(F)c1F. The molecule has 40 heavy (non-hydrogen) atoms. The van der Waals surface area contributed by atoms with Gasteiger partial charge in [-0.15, -0.1) is 0 Å². The zero-order valence-electron chi connectivity index (χ0n) is 21.4. The molecule has 4 aromatic rings. The lowest BCUT2D eigenvalue weighted by molar-refractivity contribution is -0.138. The smallest absolute Gasteiger partial charge is 0.418 e. The van der Waals surface area contributed by atoms with E-state index in [0.29, 0.717) is 61.1 Å². The molecule has 6 rings (SSSR count). The second kappa shape index (κ2) is 9.54. The van der Waals surface area contributed by atoms with E-state index in [1.54, 1.807) is 6.07 Å². The highest BCUT2D eigenvalue weighted by molar-refractivity contribution is 5.91. The summed E-state index contributed by atoms with van der Waals surface area (Å²) in [4.78, 5) is 26.9. The van der Waals surface area contributed by atoms with Crippen molar-refractivity contribution in [1.29, 1.82) is 0 Å². The number of aromatic nitrogens is 3.